The van der Waals surface area contributed by atoms with Gasteiger partial charge in [0.1, 0.15) is 0 Å². The molecule has 0 saturated heterocycles. The maximum absolute atomic E-state index is 10.7. The summed E-state index contributed by atoms with van der Waals surface area (Å²) in [6, 6.07) is 17.2. The van der Waals surface area contributed by atoms with Crippen LogP contribution in [0.15, 0.2) is 59.6 Å². The zero-order valence-corrected chi connectivity index (χ0v) is 17.7. The van der Waals surface area contributed by atoms with E-state index in [0.717, 1.165) is 18.1 Å². The summed E-state index contributed by atoms with van der Waals surface area (Å²) in [5.41, 5.74) is 2.64. The monoisotopic (exact) mass is 480 g/mol. The minimum Gasteiger partial charge on any atom is -0.356 e. The molecule has 0 unspecified atom stereocenters. The summed E-state index contributed by atoms with van der Waals surface area (Å²) >= 11 is 0. The van der Waals surface area contributed by atoms with Crippen molar-refractivity contribution >= 4 is 35.6 Å². The van der Waals surface area contributed by atoms with Crippen molar-refractivity contribution in [2.45, 2.75) is 31.2 Å². The van der Waals surface area contributed by atoms with Crippen LogP contribution in [0.5, 0.6) is 0 Å². The van der Waals surface area contributed by atoms with Crippen LogP contribution in [0.3, 0.4) is 0 Å². The van der Waals surface area contributed by atoms with Gasteiger partial charge < -0.3 is 10.6 Å². The third-order valence-corrected chi connectivity index (χ3v) is 5.12. The number of guanidine groups is 1. The molecule has 7 heteroatoms. The Morgan fingerprint density at radius 1 is 1.11 bits per heavy atom. The van der Waals surface area contributed by atoms with E-state index in [1.54, 1.807) is 19.2 Å². The van der Waals surface area contributed by atoms with Gasteiger partial charge in [0.2, 0.25) is 0 Å². The average molecular weight is 480 g/mol. The summed E-state index contributed by atoms with van der Waals surface area (Å²) in [6.07, 6.45) is 3.62. The predicted octanol–water partition coefficient (Wildman–Crippen LogP) is 4.00. The first-order valence-electron chi connectivity index (χ1n) is 8.86. The highest BCUT2D eigenvalue weighted by molar-refractivity contribution is 14.0. The lowest BCUT2D eigenvalue weighted by Crippen LogP contribution is -2.48. The number of benzene rings is 2. The summed E-state index contributed by atoms with van der Waals surface area (Å²) in [6.45, 7) is 1.41. The molecule has 2 aromatic rings. The van der Waals surface area contributed by atoms with Gasteiger partial charge in [-0.25, -0.2) is 0 Å². The van der Waals surface area contributed by atoms with Crippen molar-refractivity contribution in [1.82, 2.24) is 10.6 Å². The SMILES string of the molecule is CN=C(NCc1ccc([N+](=O)[O-])cc1)NCC1(c2ccccc2)CCC1.I. The molecule has 6 nitrogen and oxygen atoms in total. The predicted molar refractivity (Wildman–Crippen MR) is 119 cm³/mol. The molecule has 3 rings (SSSR count). The normalized spacial score (nSPS) is 15.2. The van der Waals surface area contributed by atoms with Crippen LogP contribution in [0.2, 0.25) is 0 Å². The Balaban J connectivity index is 0.00000261. The fourth-order valence-electron chi connectivity index (χ4n) is 3.36. The van der Waals surface area contributed by atoms with Gasteiger partial charge in [-0.1, -0.05) is 48.9 Å². The molecule has 0 heterocycles. The zero-order chi connectivity index (χ0) is 18.4. The molecule has 0 bridgehead atoms. The van der Waals surface area contributed by atoms with Crippen molar-refractivity contribution in [2.24, 2.45) is 4.99 Å². The molecule has 0 radical (unpaired) electrons. The van der Waals surface area contributed by atoms with Crippen LogP contribution in [-0.2, 0) is 12.0 Å². The number of nitro groups is 1. The van der Waals surface area contributed by atoms with E-state index in [-0.39, 0.29) is 40.0 Å². The molecule has 0 spiro atoms. The molecule has 1 aliphatic rings. The van der Waals surface area contributed by atoms with Gasteiger partial charge >= 0.3 is 0 Å². The van der Waals surface area contributed by atoms with E-state index in [0.29, 0.717) is 6.54 Å². The van der Waals surface area contributed by atoms with Gasteiger partial charge in [-0.05, 0) is 24.0 Å². The van der Waals surface area contributed by atoms with E-state index in [4.69, 9.17) is 0 Å². The van der Waals surface area contributed by atoms with Gasteiger partial charge in [-0.15, -0.1) is 24.0 Å². The van der Waals surface area contributed by atoms with Gasteiger partial charge in [0, 0.05) is 37.7 Å². The summed E-state index contributed by atoms with van der Waals surface area (Å²) in [5.74, 6) is 0.741. The molecule has 1 fully saturated rings. The molecule has 0 aromatic heterocycles. The fraction of sp³-hybridized carbons (Fsp3) is 0.350. The van der Waals surface area contributed by atoms with E-state index in [1.807, 2.05) is 6.07 Å². The van der Waals surface area contributed by atoms with E-state index in [2.05, 4.69) is 39.9 Å². The number of aliphatic imine (C=N–C) groups is 1. The lowest BCUT2D eigenvalue weighted by molar-refractivity contribution is -0.384. The van der Waals surface area contributed by atoms with Crippen molar-refractivity contribution in [3.63, 3.8) is 0 Å². The second-order valence-electron chi connectivity index (χ2n) is 6.70. The number of halogens is 1. The molecular weight excluding hydrogens is 455 g/mol. The number of rotatable bonds is 6. The van der Waals surface area contributed by atoms with Crippen molar-refractivity contribution in [1.29, 1.82) is 0 Å². The van der Waals surface area contributed by atoms with Crippen molar-refractivity contribution in [3.05, 3.63) is 75.8 Å². The highest BCUT2D eigenvalue weighted by Gasteiger charge is 2.38. The van der Waals surface area contributed by atoms with Crippen LogP contribution >= 0.6 is 24.0 Å². The first-order valence-corrected chi connectivity index (χ1v) is 8.86. The summed E-state index contributed by atoms with van der Waals surface area (Å²) < 4.78 is 0. The van der Waals surface area contributed by atoms with Crippen molar-refractivity contribution in [3.8, 4) is 0 Å². The van der Waals surface area contributed by atoms with Crippen molar-refractivity contribution in [2.75, 3.05) is 13.6 Å². The lowest BCUT2D eigenvalue weighted by Gasteiger charge is -2.43. The number of nitro benzene ring substituents is 1. The van der Waals surface area contributed by atoms with Crippen LogP contribution in [0, 0.1) is 10.1 Å². The maximum atomic E-state index is 10.7. The topological polar surface area (TPSA) is 79.6 Å². The van der Waals surface area contributed by atoms with Gasteiger partial charge in [0.25, 0.3) is 5.69 Å². The second-order valence-corrected chi connectivity index (χ2v) is 6.70. The Hall–Kier alpha value is -2.16. The summed E-state index contributed by atoms with van der Waals surface area (Å²) in [7, 11) is 1.75. The van der Waals surface area contributed by atoms with E-state index >= 15 is 0 Å². The quantitative estimate of drug-likeness (QED) is 0.216. The highest BCUT2D eigenvalue weighted by Crippen LogP contribution is 2.43. The van der Waals surface area contributed by atoms with Crippen LogP contribution < -0.4 is 10.6 Å². The first-order chi connectivity index (χ1) is 12.6. The molecular formula is C20H25IN4O2. The average Bonchev–Trinajstić information content (AvgIpc) is 2.64. The summed E-state index contributed by atoms with van der Waals surface area (Å²) in [4.78, 5) is 14.6. The molecule has 144 valence electrons. The Morgan fingerprint density at radius 3 is 2.30 bits per heavy atom. The maximum Gasteiger partial charge on any atom is 0.269 e. The lowest BCUT2D eigenvalue weighted by atomic mass is 9.64. The number of nitrogens with one attached hydrogen (secondary N) is 2. The fourth-order valence-corrected chi connectivity index (χ4v) is 3.36. The smallest absolute Gasteiger partial charge is 0.269 e. The van der Waals surface area contributed by atoms with Gasteiger partial charge in [0.15, 0.2) is 5.96 Å². The molecule has 0 aliphatic heterocycles. The largest absolute Gasteiger partial charge is 0.356 e. The molecule has 2 aromatic carbocycles. The standard InChI is InChI=1S/C20H24N4O2.HI/c1-21-19(22-14-16-8-10-18(11-9-16)24(25)26)23-15-20(12-5-13-20)17-6-3-2-4-7-17;/h2-4,6-11H,5,12-15H2,1H3,(H2,21,22,23);1H. The van der Waals surface area contributed by atoms with Crippen molar-refractivity contribution < 1.29 is 4.92 Å². The van der Waals surface area contributed by atoms with Crippen LogP contribution in [0.1, 0.15) is 30.4 Å². The molecule has 0 atom stereocenters. The van der Waals surface area contributed by atoms with Crippen LogP contribution in [0.4, 0.5) is 5.69 Å². The first kappa shape index (κ1) is 21.1. The Labute approximate surface area is 176 Å². The molecule has 0 amide bonds. The zero-order valence-electron chi connectivity index (χ0n) is 15.4. The molecule has 1 aliphatic carbocycles. The Kier molecular flexibility index (Phi) is 7.58. The van der Waals surface area contributed by atoms with E-state index < -0.39 is 0 Å². The minimum atomic E-state index is -0.390. The number of hydrogen-bond acceptors (Lipinski definition) is 3. The van der Waals surface area contributed by atoms with Gasteiger partial charge in [-0.2, -0.15) is 0 Å². The third kappa shape index (κ3) is 5.18. The minimum absolute atomic E-state index is 0. The second kappa shape index (κ2) is 9.68. The molecule has 27 heavy (non-hydrogen) atoms. The number of non-ortho nitro benzene ring substituents is 1. The Morgan fingerprint density at radius 2 is 1.78 bits per heavy atom. The summed E-state index contributed by atoms with van der Waals surface area (Å²) in [5, 5.41) is 17.4. The van der Waals surface area contributed by atoms with Gasteiger partial charge in [-0.3, -0.25) is 15.1 Å². The number of nitrogens with zero attached hydrogens (tertiary/aromatic N) is 2. The molecule has 2 N–H and O–H groups in total. The van der Waals surface area contributed by atoms with Crippen LogP contribution in [0.25, 0.3) is 0 Å². The van der Waals surface area contributed by atoms with E-state index in [9.17, 15) is 10.1 Å². The van der Waals surface area contributed by atoms with Crippen LogP contribution in [-0.4, -0.2) is 24.5 Å². The van der Waals surface area contributed by atoms with Gasteiger partial charge in [0.05, 0.1) is 4.92 Å². The number of hydrogen-bond donors (Lipinski definition) is 2. The van der Waals surface area contributed by atoms with E-state index in [1.165, 1.54) is 37.0 Å². The Bertz CT molecular complexity index is 774. The molecule has 1 saturated carbocycles. The highest BCUT2D eigenvalue weighted by atomic mass is 127. The third-order valence-electron chi connectivity index (χ3n) is 5.12.